The maximum atomic E-state index is 13.4. The van der Waals surface area contributed by atoms with Gasteiger partial charge in [-0.1, -0.05) is 17.7 Å². The summed E-state index contributed by atoms with van der Waals surface area (Å²) in [4.78, 5) is 22.2. The Morgan fingerprint density at radius 2 is 2.10 bits per heavy atom. The summed E-state index contributed by atoms with van der Waals surface area (Å²) in [6, 6.07) is 5.45. The van der Waals surface area contributed by atoms with Crippen molar-refractivity contribution in [3.63, 3.8) is 0 Å². The second kappa shape index (κ2) is 7.52. The summed E-state index contributed by atoms with van der Waals surface area (Å²) < 4.78 is 6.90. The van der Waals surface area contributed by atoms with E-state index in [0.29, 0.717) is 30.0 Å². The van der Waals surface area contributed by atoms with Crippen molar-refractivity contribution < 1.29 is 9.84 Å². The Labute approximate surface area is 173 Å². The van der Waals surface area contributed by atoms with Gasteiger partial charge >= 0.3 is 0 Å². The lowest BCUT2D eigenvalue weighted by Crippen LogP contribution is -2.39. The van der Waals surface area contributed by atoms with Gasteiger partial charge in [0, 0.05) is 12.8 Å². The molecule has 2 aromatic heterocycles. The Hall–Kier alpha value is -2.28. The monoisotopic (exact) mass is 411 g/mol. The van der Waals surface area contributed by atoms with Crippen LogP contribution in [0.5, 0.6) is 0 Å². The van der Waals surface area contributed by atoms with E-state index in [9.17, 15) is 9.90 Å². The number of pyridine rings is 1. The van der Waals surface area contributed by atoms with Crippen molar-refractivity contribution >= 4 is 22.5 Å². The van der Waals surface area contributed by atoms with Crippen molar-refractivity contribution in [2.24, 2.45) is 0 Å². The van der Waals surface area contributed by atoms with Crippen molar-refractivity contribution in [1.29, 1.82) is 0 Å². The molecule has 1 N–H and O–H groups in total. The molecule has 7 heteroatoms. The van der Waals surface area contributed by atoms with Crippen molar-refractivity contribution in [2.75, 3.05) is 13.2 Å². The number of aromatic nitrogens is 3. The van der Waals surface area contributed by atoms with Crippen molar-refractivity contribution in [3.05, 3.63) is 68.5 Å². The summed E-state index contributed by atoms with van der Waals surface area (Å²) >= 11 is 5.92. The molecule has 1 aliphatic heterocycles. The molecular weight excluding hydrogens is 390 g/mol. The first-order valence-corrected chi connectivity index (χ1v) is 10.4. The van der Waals surface area contributed by atoms with E-state index in [1.165, 1.54) is 11.1 Å². The third-order valence-electron chi connectivity index (χ3n) is 6.07. The lowest BCUT2D eigenvalue weighted by Gasteiger charge is -2.29. The van der Waals surface area contributed by atoms with Crippen LogP contribution in [-0.4, -0.2) is 39.0 Å². The highest BCUT2D eigenvalue weighted by atomic mass is 35.5. The number of aliphatic hydroxyl groups excluding tert-OH is 1. The SMILES string of the molecule is O=c1c2cc(Cc3ccc(Cl)nc3)c3c(c2ncn1C1CCOCC1O)CCC3. The van der Waals surface area contributed by atoms with Crippen molar-refractivity contribution in [1.82, 2.24) is 14.5 Å². The molecule has 2 unspecified atom stereocenters. The molecule has 1 aromatic carbocycles. The summed E-state index contributed by atoms with van der Waals surface area (Å²) in [5.74, 6) is 0. The van der Waals surface area contributed by atoms with Crippen LogP contribution in [0.3, 0.4) is 0 Å². The molecule has 3 heterocycles. The van der Waals surface area contributed by atoms with Gasteiger partial charge in [-0.25, -0.2) is 9.97 Å². The molecular formula is C22H22ClN3O3. The maximum absolute atomic E-state index is 13.4. The van der Waals surface area contributed by atoms with Gasteiger partial charge in [0.2, 0.25) is 0 Å². The van der Waals surface area contributed by atoms with Gasteiger partial charge in [-0.2, -0.15) is 0 Å². The number of ether oxygens (including phenoxy) is 1. The van der Waals surface area contributed by atoms with Gasteiger partial charge in [0.1, 0.15) is 5.15 Å². The van der Waals surface area contributed by atoms with Crippen LogP contribution in [0.15, 0.2) is 35.5 Å². The zero-order valence-corrected chi connectivity index (χ0v) is 16.7. The second-order valence-corrected chi connectivity index (χ2v) is 8.25. The number of aliphatic hydroxyl groups is 1. The minimum absolute atomic E-state index is 0.0915. The van der Waals surface area contributed by atoms with Crippen LogP contribution in [-0.2, 0) is 24.0 Å². The molecule has 2 atom stereocenters. The van der Waals surface area contributed by atoms with Crippen LogP contribution < -0.4 is 5.56 Å². The van der Waals surface area contributed by atoms with Crippen LogP contribution in [0.4, 0.5) is 0 Å². The smallest absolute Gasteiger partial charge is 0.261 e. The highest BCUT2D eigenvalue weighted by Crippen LogP contribution is 2.32. The molecule has 6 nitrogen and oxygen atoms in total. The number of rotatable bonds is 3. The summed E-state index contributed by atoms with van der Waals surface area (Å²) in [7, 11) is 0. The van der Waals surface area contributed by atoms with Crippen LogP contribution in [0.2, 0.25) is 5.15 Å². The van der Waals surface area contributed by atoms with Gasteiger partial charge in [0.25, 0.3) is 5.56 Å². The van der Waals surface area contributed by atoms with E-state index in [0.717, 1.165) is 35.9 Å². The molecule has 5 rings (SSSR count). The lowest BCUT2D eigenvalue weighted by atomic mass is 9.95. The fourth-order valence-electron chi connectivity index (χ4n) is 4.63. The van der Waals surface area contributed by atoms with Crippen molar-refractivity contribution in [2.45, 2.75) is 44.2 Å². The van der Waals surface area contributed by atoms with Crippen molar-refractivity contribution in [3.8, 4) is 0 Å². The number of hydrogen-bond donors (Lipinski definition) is 1. The topological polar surface area (TPSA) is 77.2 Å². The summed E-state index contributed by atoms with van der Waals surface area (Å²) in [6.45, 7) is 0.777. The molecule has 0 bridgehead atoms. The van der Waals surface area contributed by atoms with Crippen LogP contribution >= 0.6 is 11.6 Å². The third kappa shape index (κ3) is 3.35. The summed E-state index contributed by atoms with van der Waals surface area (Å²) in [6.07, 6.45) is 7.01. The Morgan fingerprint density at radius 3 is 2.90 bits per heavy atom. The van der Waals surface area contributed by atoms with E-state index >= 15 is 0 Å². The van der Waals surface area contributed by atoms with Crippen LogP contribution in [0.25, 0.3) is 10.9 Å². The predicted molar refractivity (Wildman–Crippen MR) is 111 cm³/mol. The third-order valence-corrected chi connectivity index (χ3v) is 6.30. The summed E-state index contributed by atoms with van der Waals surface area (Å²) in [5.41, 5.74) is 5.43. The molecule has 0 saturated carbocycles. The zero-order chi connectivity index (χ0) is 20.0. The molecule has 0 spiro atoms. The number of nitrogens with zero attached hydrogens (tertiary/aromatic N) is 3. The Kier molecular flexibility index (Phi) is 4.86. The highest BCUT2D eigenvalue weighted by Gasteiger charge is 2.28. The highest BCUT2D eigenvalue weighted by molar-refractivity contribution is 6.29. The quantitative estimate of drug-likeness (QED) is 0.670. The fraction of sp³-hybridized carbons (Fsp3) is 0.409. The number of halogens is 1. The Balaban J connectivity index is 1.63. The minimum atomic E-state index is -0.699. The van der Waals surface area contributed by atoms with Gasteiger partial charge in [0.15, 0.2) is 0 Å². The molecule has 1 saturated heterocycles. The first-order valence-electron chi connectivity index (χ1n) is 10.0. The normalized spacial score (nSPS) is 21.4. The van der Waals surface area contributed by atoms with Crippen LogP contribution in [0, 0.1) is 0 Å². The number of fused-ring (bicyclic) bond motifs is 3. The van der Waals surface area contributed by atoms with E-state index in [1.54, 1.807) is 23.2 Å². The second-order valence-electron chi connectivity index (χ2n) is 7.86. The predicted octanol–water partition coefficient (Wildman–Crippen LogP) is 2.85. The molecule has 1 aliphatic carbocycles. The maximum Gasteiger partial charge on any atom is 0.261 e. The zero-order valence-electron chi connectivity index (χ0n) is 16.0. The number of aryl methyl sites for hydroxylation is 1. The first-order chi connectivity index (χ1) is 14.1. The van der Waals surface area contributed by atoms with Gasteiger partial charge in [-0.15, -0.1) is 0 Å². The van der Waals surface area contributed by atoms with E-state index < -0.39 is 6.10 Å². The number of benzene rings is 1. The first kappa shape index (κ1) is 18.7. The standard InChI is InChI=1S/C22H22ClN3O3/c23-20-5-4-13(10-24-20)8-14-9-17-21(16-3-1-2-15(14)16)25-12-26(22(17)28)18-6-7-29-11-19(18)27/h4-5,9-10,12,18-19,27H,1-3,6-8,11H2. The molecule has 150 valence electrons. The lowest BCUT2D eigenvalue weighted by molar-refractivity contribution is -0.0395. The molecule has 3 aromatic rings. The molecule has 0 amide bonds. The van der Waals surface area contributed by atoms with Crippen LogP contribution in [0.1, 0.15) is 41.1 Å². The van der Waals surface area contributed by atoms with E-state index in [1.807, 2.05) is 12.1 Å². The van der Waals surface area contributed by atoms with E-state index in [4.69, 9.17) is 16.3 Å². The Morgan fingerprint density at radius 1 is 1.24 bits per heavy atom. The molecule has 2 aliphatic rings. The van der Waals surface area contributed by atoms with E-state index in [2.05, 4.69) is 9.97 Å². The van der Waals surface area contributed by atoms with Gasteiger partial charge in [0.05, 0.1) is 36.0 Å². The molecule has 29 heavy (non-hydrogen) atoms. The molecule has 1 fully saturated rings. The fourth-order valence-corrected chi connectivity index (χ4v) is 4.75. The number of hydrogen-bond acceptors (Lipinski definition) is 5. The minimum Gasteiger partial charge on any atom is -0.389 e. The van der Waals surface area contributed by atoms with Gasteiger partial charge in [-0.3, -0.25) is 9.36 Å². The van der Waals surface area contributed by atoms with Gasteiger partial charge in [-0.05, 0) is 66.5 Å². The Bertz CT molecular complexity index is 1130. The average Bonchev–Trinajstić information content (AvgIpc) is 3.22. The average molecular weight is 412 g/mol. The van der Waals surface area contributed by atoms with E-state index in [-0.39, 0.29) is 18.2 Å². The van der Waals surface area contributed by atoms with Gasteiger partial charge < -0.3 is 9.84 Å². The molecule has 0 radical (unpaired) electrons. The summed E-state index contributed by atoms with van der Waals surface area (Å²) in [5, 5.41) is 11.4. The largest absolute Gasteiger partial charge is 0.389 e.